The summed E-state index contributed by atoms with van der Waals surface area (Å²) in [5.74, 6) is 0. The molecule has 0 N–H and O–H groups in total. The van der Waals surface area contributed by atoms with Crippen LogP contribution in [0.2, 0.25) is 0 Å². The summed E-state index contributed by atoms with van der Waals surface area (Å²) in [6.07, 6.45) is 0. The molecule has 134 valence electrons. The first-order valence-electron chi connectivity index (χ1n) is 9.53. The molecule has 0 aliphatic heterocycles. The molecule has 1 heteroatoms. The number of nitrogens with zero attached hydrogens (tertiary/aromatic N) is 1. The van der Waals surface area contributed by atoms with E-state index in [2.05, 4.69) is 102 Å². The molecule has 0 amide bonds. The molecule has 0 aliphatic carbocycles. The van der Waals surface area contributed by atoms with E-state index in [0.717, 1.165) is 0 Å². The smallest absolute Gasteiger partial charge is 0.0568 e. The molecule has 0 unspecified atom stereocenters. The number of rotatable bonds is 0. The fourth-order valence-corrected chi connectivity index (χ4v) is 3.98. The minimum Gasteiger partial charge on any atom is -0.343 e. The largest absolute Gasteiger partial charge is 0.343 e. The summed E-state index contributed by atoms with van der Waals surface area (Å²) < 4.78 is 2.37. The van der Waals surface area contributed by atoms with Gasteiger partial charge in [-0.1, -0.05) is 84.0 Å². The fourth-order valence-electron chi connectivity index (χ4n) is 3.98. The second-order valence-electron chi connectivity index (χ2n) is 9.69. The molecule has 0 fully saturated rings. The molecule has 1 aromatic heterocycles. The molecule has 4 aromatic rings. The van der Waals surface area contributed by atoms with Gasteiger partial charge in [0.1, 0.15) is 0 Å². The highest BCUT2D eigenvalue weighted by molar-refractivity contribution is 6.17. The lowest BCUT2D eigenvalue weighted by Crippen LogP contribution is -2.10. The van der Waals surface area contributed by atoms with Crippen LogP contribution in [0.4, 0.5) is 0 Å². The second-order valence-corrected chi connectivity index (χ2v) is 9.69. The van der Waals surface area contributed by atoms with Crippen LogP contribution in [-0.4, -0.2) is 4.57 Å². The van der Waals surface area contributed by atoms with Crippen LogP contribution >= 0.6 is 0 Å². The van der Waals surface area contributed by atoms with E-state index >= 15 is 0 Å². The maximum Gasteiger partial charge on any atom is 0.0568 e. The number of fused-ring (bicyclic) bond motifs is 5. The van der Waals surface area contributed by atoms with Gasteiger partial charge < -0.3 is 4.57 Å². The lowest BCUT2D eigenvalue weighted by atomic mass is 9.85. The fraction of sp³-hybridized carbons (Fsp3) is 0.360. The minimum absolute atomic E-state index is 0.161. The Bertz CT molecular complexity index is 1140. The molecular formula is C25H29N. The van der Waals surface area contributed by atoms with Crippen LogP contribution < -0.4 is 0 Å². The Labute approximate surface area is 156 Å². The normalized spacial score (nSPS) is 13.2. The average Bonchev–Trinajstić information content (AvgIpc) is 2.85. The summed E-state index contributed by atoms with van der Waals surface area (Å²) in [7, 11) is 2.20. The highest BCUT2D eigenvalue weighted by Gasteiger charge is 2.18. The standard InChI is InChI=1S/C25H29N/c1-24(2,3)17-9-12-19-16(14-17)8-11-21-20-13-10-18(25(4,5)6)15-22(20)26(7)23(19)21/h8-15H,1-7H3. The van der Waals surface area contributed by atoms with Crippen molar-refractivity contribution in [2.75, 3.05) is 0 Å². The van der Waals surface area contributed by atoms with E-state index in [9.17, 15) is 0 Å². The molecule has 1 heterocycles. The van der Waals surface area contributed by atoms with E-state index < -0.39 is 0 Å². The average molecular weight is 344 g/mol. The van der Waals surface area contributed by atoms with Gasteiger partial charge in [0, 0.05) is 28.7 Å². The first-order chi connectivity index (χ1) is 12.1. The third-order valence-electron chi connectivity index (χ3n) is 5.71. The predicted molar refractivity (Wildman–Crippen MR) is 115 cm³/mol. The molecule has 3 aromatic carbocycles. The Hall–Kier alpha value is -2.28. The van der Waals surface area contributed by atoms with Gasteiger partial charge in [-0.3, -0.25) is 0 Å². The van der Waals surface area contributed by atoms with Crippen LogP contribution in [0.5, 0.6) is 0 Å². The zero-order chi connectivity index (χ0) is 18.9. The molecule has 1 nitrogen and oxygen atoms in total. The van der Waals surface area contributed by atoms with Crippen molar-refractivity contribution in [3.05, 3.63) is 59.7 Å². The van der Waals surface area contributed by atoms with Crippen molar-refractivity contribution in [3.63, 3.8) is 0 Å². The molecule has 0 saturated heterocycles. The summed E-state index contributed by atoms with van der Waals surface area (Å²) in [6, 6.07) is 18.5. The van der Waals surface area contributed by atoms with Crippen LogP contribution in [-0.2, 0) is 17.9 Å². The van der Waals surface area contributed by atoms with Gasteiger partial charge >= 0.3 is 0 Å². The third-order valence-corrected chi connectivity index (χ3v) is 5.71. The van der Waals surface area contributed by atoms with E-state index in [1.165, 1.54) is 43.7 Å². The predicted octanol–water partition coefficient (Wildman–Crippen LogP) is 7.08. The Morgan fingerprint density at radius 3 is 1.77 bits per heavy atom. The van der Waals surface area contributed by atoms with Gasteiger partial charge in [-0.05, 0) is 33.4 Å². The van der Waals surface area contributed by atoms with Gasteiger partial charge in [-0.15, -0.1) is 0 Å². The van der Waals surface area contributed by atoms with E-state index in [1.807, 2.05) is 0 Å². The van der Waals surface area contributed by atoms with Gasteiger partial charge in [0.15, 0.2) is 0 Å². The highest BCUT2D eigenvalue weighted by atomic mass is 14.9. The molecule has 26 heavy (non-hydrogen) atoms. The van der Waals surface area contributed by atoms with Crippen LogP contribution in [0.25, 0.3) is 32.6 Å². The monoisotopic (exact) mass is 343 g/mol. The number of aryl methyl sites for hydroxylation is 1. The zero-order valence-electron chi connectivity index (χ0n) is 17.1. The first-order valence-corrected chi connectivity index (χ1v) is 9.53. The maximum atomic E-state index is 2.37. The SMILES string of the molecule is Cn1c2cc(C(C)(C)C)ccc2c2ccc3cc(C(C)(C)C)ccc3c21. The van der Waals surface area contributed by atoms with Gasteiger partial charge in [0.25, 0.3) is 0 Å². The molecule has 0 radical (unpaired) electrons. The summed E-state index contributed by atoms with van der Waals surface area (Å²) in [4.78, 5) is 0. The lowest BCUT2D eigenvalue weighted by molar-refractivity contribution is 0.590. The van der Waals surface area contributed by atoms with Gasteiger partial charge in [0.05, 0.1) is 5.52 Å². The second kappa shape index (κ2) is 5.36. The van der Waals surface area contributed by atoms with E-state index in [1.54, 1.807) is 0 Å². The Balaban J connectivity index is 2.07. The van der Waals surface area contributed by atoms with Crippen molar-refractivity contribution >= 4 is 32.6 Å². The first kappa shape index (κ1) is 17.1. The van der Waals surface area contributed by atoms with Crippen molar-refractivity contribution in [2.45, 2.75) is 52.4 Å². The van der Waals surface area contributed by atoms with Crippen molar-refractivity contribution < 1.29 is 0 Å². The zero-order valence-corrected chi connectivity index (χ0v) is 17.1. The van der Waals surface area contributed by atoms with Gasteiger partial charge in [-0.2, -0.15) is 0 Å². The molecule has 4 rings (SSSR count). The summed E-state index contributed by atoms with van der Waals surface area (Å²) in [5.41, 5.74) is 5.76. The third kappa shape index (κ3) is 2.53. The number of aromatic nitrogens is 1. The molecule has 0 aliphatic rings. The van der Waals surface area contributed by atoms with Crippen molar-refractivity contribution in [3.8, 4) is 0 Å². The maximum absolute atomic E-state index is 2.37. The van der Waals surface area contributed by atoms with E-state index in [-0.39, 0.29) is 10.8 Å². The van der Waals surface area contributed by atoms with Crippen molar-refractivity contribution in [1.82, 2.24) is 4.57 Å². The summed E-state index contributed by atoms with van der Waals surface area (Å²) in [5, 5.41) is 5.36. The summed E-state index contributed by atoms with van der Waals surface area (Å²) >= 11 is 0. The van der Waals surface area contributed by atoms with E-state index in [4.69, 9.17) is 0 Å². The Morgan fingerprint density at radius 2 is 1.15 bits per heavy atom. The van der Waals surface area contributed by atoms with E-state index in [0.29, 0.717) is 0 Å². The number of hydrogen-bond donors (Lipinski definition) is 0. The highest BCUT2D eigenvalue weighted by Crippen LogP contribution is 2.37. The summed E-state index contributed by atoms with van der Waals surface area (Å²) in [6.45, 7) is 13.7. The molecule has 0 spiro atoms. The minimum atomic E-state index is 0.161. The molecule has 0 atom stereocenters. The quantitative estimate of drug-likeness (QED) is 0.321. The van der Waals surface area contributed by atoms with Crippen LogP contribution in [0.3, 0.4) is 0 Å². The Kier molecular flexibility index (Phi) is 3.54. The van der Waals surface area contributed by atoms with Gasteiger partial charge in [-0.25, -0.2) is 0 Å². The van der Waals surface area contributed by atoms with Gasteiger partial charge in [0.2, 0.25) is 0 Å². The molecule has 0 saturated carbocycles. The van der Waals surface area contributed by atoms with Crippen molar-refractivity contribution in [1.29, 1.82) is 0 Å². The van der Waals surface area contributed by atoms with Crippen LogP contribution in [0.15, 0.2) is 48.5 Å². The molecule has 0 bridgehead atoms. The lowest BCUT2D eigenvalue weighted by Gasteiger charge is -2.19. The topological polar surface area (TPSA) is 4.93 Å². The van der Waals surface area contributed by atoms with Crippen molar-refractivity contribution in [2.24, 2.45) is 7.05 Å². The Morgan fingerprint density at radius 1 is 0.615 bits per heavy atom. The number of hydrogen-bond acceptors (Lipinski definition) is 0. The molecular weight excluding hydrogens is 314 g/mol. The van der Waals surface area contributed by atoms with Crippen LogP contribution in [0, 0.1) is 0 Å². The van der Waals surface area contributed by atoms with Crippen LogP contribution in [0.1, 0.15) is 52.7 Å². The number of benzene rings is 3.